The van der Waals surface area contributed by atoms with Gasteiger partial charge in [-0.05, 0) is 19.9 Å². The van der Waals surface area contributed by atoms with Gasteiger partial charge in [0.05, 0.1) is 18.8 Å². The molecule has 0 radical (unpaired) electrons. The second kappa shape index (κ2) is 7.22. The number of nitrogens with zero attached hydrogens (tertiary/aromatic N) is 1. The lowest BCUT2D eigenvalue weighted by atomic mass is 9.96. The molecule has 0 spiro atoms. The molecule has 1 aromatic rings. The van der Waals surface area contributed by atoms with Gasteiger partial charge in [-0.25, -0.2) is 4.79 Å². The van der Waals surface area contributed by atoms with E-state index >= 15 is 0 Å². The molecule has 1 heterocycles. The Morgan fingerprint density at radius 2 is 1.75 bits per heavy atom. The summed E-state index contributed by atoms with van der Waals surface area (Å²) in [6, 6.07) is 1.21. The summed E-state index contributed by atoms with van der Waals surface area (Å²) in [5.74, 6) is -4.43. The number of hydrogen-bond acceptors (Lipinski definition) is 6. The van der Waals surface area contributed by atoms with Crippen molar-refractivity contribution in [3.05, 3.63) is 29.6 Å². The highest BCUT2D eigenvalue weighted by Gasteiger charge is 2.34. The molecule has 1 rings (SSSR count). The van der Waals surface area contributed by atoms with Crippen LogP contribution in [0.15, 0.2) is 18.5 Å². The van der Waals surface area contributed by atoms with E-state index in [1.54, 1.807) is 13.8 Å². The molecule has 0 aliphatic rings. The van der Waals surface area contributed by atoms with E-state index < -0.39 is 23.8 Å². The molecule has 7 heteroatoms. The summed E-state index contributed by atoms with van der Waals surface area (Å²) in [7, 11) is 0. The van der Waals surface area contributed by atoms with Gasteiger partial charge in [0.25, 0.3) is 0 Å². The van der Waals surface area contributed by atoms with Gasteiger partial charge in [0.15, 0.2) is 5.92 Å². The highest BCUT2D eigenvalue weighted by Crippen LogP contribution is 2.22. The van der Waals surface area contributed by atoms with E-state index in [1.165, 1.54) is 12.3 Å². The zero-order chi connectivity index (χ0) is 15.1. The van der Waals surface area contributed by atoms with Crippen LogP contribution < -0.4 is 0 Å². The Bertz CT molecular complexity index is 495. The number of rotatable bonds is 6. The predicted octanol–water partition coefficient (Wildman–Crippen LogP) is 0.990. The van der Waals surface area contributed by atoms with Crippen molar-refractivity contribution in [3.8, 4) is 0 Å². The van der Waals surface area contributed by atoms with Crippen molar-refractivity contribution in [1.82, 2.24) is 4.98 Å². The second-order valence-corrected chi connectivity index (χ2v) is 3.71. The van der Waals surface area contributed by atoms with Crippen LogP contribution >= 0.6 is 0 Å². The molecule has 20 heavy (non-hydrogen) atoms. The van der Waals surface area contributed by atoms with E-state index in [0.29, 0.717) is 0 Å². The molecular weight excluding hydrogens is 266 g/mol. The monoisotopic (exact) mass is 281 g/mol. The van der Waals surface area contributed by atoms with Gasteiger partial charge in [-0.15, -0.1) is 0 Å². The number of aromatic nitrogens is 1. The minimum Gasteiger partial charge on any atom is -0.478 e. The van der Waals surface area contributed by atoms with Crippen molar-refractivity contribution in [1.29, 1.82) is 0 Å². The maximum atomic E-state index is 11.9. The van der Waals surface area contributed by atoms with E-state index in [0.717, 1.165) is 6.20 Å². The summed E-state index contributed by atoms with van der Waals surface area (Å²) >= 11 is 0. The minimum absolute atomic E-state index is 0.0445. The van der Waals surface area contributed by atoms with E-state index in [2.05, 4.69) is 4.98 Å². The molecule has 0 aromatic carbocycles. The van der Waals surface area contributed by atoms with Crippen LogP contribution in [0.3, 0.4) is 0 Å². The van der Waals surface area contributed by atoms with Gasteiger partial charge in [-0.1, -0.05) is 0 Å². The predicted molar refractivity (Wildman–Crippen MR) is 67.2 cm³/mol. The van der Waals surface area contributed by atoms with Crippen LogP contribution in [0.1, 0.15) is 35.7 Å². The number of pyridine rings is 1. The molecule has 0 fully saturated rings. The van der Waals surface area contributed by atoms with E-state index in [9.17, 15) is 14.4 Å². The smallest absolute Gasteiger partial charge is 0.336 e. The first-order chi connectivity index (χ1) is 9.52. The molecular formula is C13H15NO6. The Kier molecular flexibility index (Phi) is 5.64. The van der Waals surface area contributed by atoms with Gasteiger partial charge < -0.3 is 14.6 Å². The number of esters is 2. The van der Waals surface area contributed by atoms with E-state index in [4.69, 9.17) is 14.6 Å². The average Bonchev–Trinajstić information content (AvgIpc) is 2.40. The van der Waals surface area contributed by atoms with Crippen LogP contribution in [0.5, 0.6) is 0 Å². The molecule has 0 unspecified atom stereocenters. The fourth-order valence-corrected chi connectivity index (χ4v) is 1.63. The average molecular weight is 281 g/mol. The Morgan fingerprint density at radius 1 is 1.20 bits per heavy atom. The molecule has 0 aliphatic carbocycles. The number of aromatic carboxylic acids is 1. The van der Waals surface area contributed by atoms with Gasteiger partial charge in [0.1, 0.15) is 0 Å². The van der Waals surface area contributed by atoms with Crippen molar-refractivity contribution >= 4 is 17.9 Å². The van der Waals surface area contributed by atoms with Crippen molar-refractivity contribution < 1.29 is 29.0 Å². The van der Waals surface area contributed by atoms with Gasteiger partial charge in [-0.3, -0.25) is 14.6 Å². The zero-order valence-corrected chi connectivity index (χ0v) is 11.2. The lowest BCUT2D eigenvalue weighted by Gasteiger charge is -2.15. The molecule has 108 valence electrons. The maximum Gasteiger partial charge on any atom is 0.336 e. The Morgan fingerprint density at radius 3 is 2.20 bits per heavy atom. The molecule has 0 saturated carbocycles. The molecule has 0 saturated heterocycles. The van der Waals surface area contributed by atoms with E-state index in [-0.39, 0.29) is 24.3 Å². The summed E-state index contributed by atoms with van der Waals surface area (Å²) < 4.78 is 9.60. The topological polar surface area (TPSA) is 103 Å². The van der Waals surface area contributed by atoms with Crippen LogP contribution in [-0.4, -0.2) is 41.2 Å². The molecule has 0 atom stereocenters. The standard InChI is InChI=1S/C13H15NO6/c1-3-19-12(17)10(13(18)20-4-2)9-7-14-6-5-8(9)11(15)16/h5-7,10H,3-4H2,1-2H3,(H,15,16). The molecule has 0 bridgehead atoms. The van der Waals surface area contributed by atoms with Crippen LogP contribution in [0, 0.1) is 0 Å². The van der Waals surface area contributed by atoms with Crippen LogP contribution in [0.2, 0.25) is 0 Å². The van der Waals surface area contributed by atoms with Crippen molar-refractivity contribution in [2.45, 2.75) is 19.8 Å². The molecule has 1 aromatic heterocycles. The van der Waals surface area contributed by atoms with Gasteiger partial charge in [-0.2, -0.15) is 0 Å². The quantitative estimate of drug-likeness (QED) is 0.612. The third kappa shape index (κ3) is 3.53. The SMILES string of the molecule is CCOC(=O)C(C(=O)OCC)c1cnccc1C(=O)O. The Balaban J connectivity index is 3.26. The van der Waals surface area contributed by atoms with E-state index in [1.807, 2.05) is 0 Å². The number of carbonyl (C=O) groups excluding carboxylic acids is 2. The largest absolute Gasteiger partial charge is 0.478 e. The van der Waals surface area contributed by atoms with Gasteiger partial charge in [0, 0.05) is 18.0 Å². The first-order valence-corrected chi connectivity index (χ1v) is 6.03. The maximum absolute atomic E-state index is 11.9. The highest BCUT2D eigenvalue weighted by atomic mass is 16.6. The highest BCUT2D eigenvalue weighted by molar-refractivity contribution is 6.03. The van der Waals surface area contributed by atoms with Gasteiger partial charge >= 0.3 is 17.9 Å². The van der Waals surface area contributed by atoms with Crippen molar-refractivity contribution in [3.63, 3.8) is 0 Å². The second-order valence-electron chi connectivity index (χ2n) is 3.71. The fraction of sp³-hybridized carbons (Fsp3) is 0.385. The first-order valence-electron chi connectivity index (χ1n) is 6.03. The summed E-state index contributed by atoms with van der Waals surface area (Å²) in [6.45, 7) is 3.30. The van der Waals surface area contributed by atoms with Crippen LogP contribution in [0.4, 0.5) is 0 Å². The minimum atomic E-state index is -1.45. The zero-order valence-electron chi connectivity index (χ0n) is 11.2. The molecule has 0 aliphatic heterocycles. The lowest BCUT2D eigenvalue weighted by molar-refractivity contribution is -0.156. The molecule has 7 nitrogen and oxygen atoms in total. The lowest BCUT2D eigenvalue weighted by Crippen LogP contribution is -2.28. The van der Waals surface area contributed by atoms with Gasteiger partial charge in [0.2, 0.25) is 0 Å². The van der Waals surface area contributed by atoms with Crippen molar-refractivity contribution in [2.75, 3.05) is 13.2 Å². The number of carbonyl (C=O) groups is 3. The Labute approximate surface area is 115 Å². The fourth-order valence-electron chi connectivity index (χ4n) is 1.63. The first kappa shape index (κ1) is 15.6. The summed E-state index contributed by atoms with van der Waals surface area (Å²) in [6.07, 6.45) is 2.42. The number of ether oxygens (including phenoxy) is 2. The Hall–Kier alpha value is -2.44. The summed E-state index contributed by atoms with van der Waals surface area (Å²) in [4.78, 5) is 38.7. The third-order valence-electron chi connectivity index (χ3n) is 2.44. The number of carboxylic acid groups (broad SMARTS) is 1. The summed E-state index contributed by atoms with van der Waals surface area (Å²) in [5.41, 5.74) is -0.233. The normalized spacial score (nSPS) is 10.2. The summed E-state index contributed by atoms with van der Waals surface area (Å²) in [5, 5.41) is 9.11. The molecule has 0 amide bonds. The van der Waals surface area contributed by atoms with Crippen LogP contribution in [-0.2, 0) is 19.1 Å². The van der Waals surface area contributed by atoms with Crippen molar-refractivity contribution in [2.24, 2.45) is 0 Å². The number of carboxylic acids is 1. The number of hydrogen-bond donors (Lipinski definition) is 1. The third-order valence-corrected chi connectivity index (χ3v) is 2.44. The van der Waals surface area contributed by atoms with Crippen LogP contribution in [0.25, 0.3) is 0 Å². The molecule has 1 N–H and O–H groups in total.